The van der Waals surface area contributed by atoms with Crippen LogP contribution in [0.2, 0.25) is 5.02 Å². The molecule has 1 aliphatic rings. The monoisotopic (exact) mass is 436 g/mol. The zero-order chi connectivity index (χ0) is 21.8. The molecule has 0 fully saturated rings. The Labute approximate surface area is 185 Å². The summed E-state index contributed by atoms with van der Waals surface area (Å²) < 4.78 is 13.7. The Morgan fingerprint density at radius 2 is 1.90 bits per heavy atom. The summed E-state index contributed by atoms with van der Waals surface area (Å²) in [4.78, 5) is 20.5. The van der Waals surface area contributed by atoms with Crippen molar-refractivity contribution in [3.63, 3.8) is 0 Å². The zero-order valence-corrected chi connectivity index (χ0v) is 17.8. The maximum Gasteiger partial charge on any atom is 0.254 e. The molecule has 31 heavy (non-hydrogen) atoms. The van der Waals surface area contributed by atoms with Gasteiger partial charge in [-0.15, -0.1) is 0 Å². The third kappa shape index (κ3) is 4.94. The third-order valence-corrected chi connectivity index (χ3v) is 5.66. The Morgan fingerprint density at radius 1 is 1.13 bits per heavy atom. The van der Waals surface area contributed by atoms with Crippen LogP contribution >= 0.6 is 11.6 Å². The van der Waals surface area contributed by atoms with Crippen LogP contribution in [0.4, 0.5) is 4.39 Å². The largest absolute Gasteiger partial charge is 0.390 e. The van der Waals surface area contributed by atoms with E-state index in [2.05, 4.69) is 5.16 Å². The van der Waals surface area contributed by atoms with Gasteiger partial charge in [0.2, 0.25) is 0 Å². The van der Waals surface area contributed by atoms with Gasteiger partial charge in [-0.2, -0.15) is 0 Å². The van der Waals surface area contributed by atoms with Gasteiger partial charge in [-0.05, 0) is 42.3 Å². The minimum atomic E-state index is -0.453. The lowest BCUT2D eigenvalue weighted by Gasteiger charge is -2.25. The van der Waals surface area contributed by atoms with Crippen LogP contribution in [0.15, 0.2) is 78.0 Å². The second kappa shape index (κ2) is 9.31. The molecule has 6 heteroatoms. The van der Waals surface area contributed by atoms with E-state index in [9.17, 15) is 9.18 Å². The van der Waals surface area contributed by atoms with Crippen LogP contribution in [0.1, 0.15) is 33.5 Å². The van der Waals surface area contributed by atoms with Crippen LogP contribution in [-0.4, -0.2) is 29.2 Å². The minimum Gasteiger partial charge on any atom is -0.390 e. The standard InChI is InChI=1S/C25H22ClFN2O2/c1-17-7-2-4-11-22(17)24-14-21(31-28-24)16-29(15-19-8-3-5-12-23(19)26)25(30)18-9-6-10-20(27)13-18/h2-13,21H,14-16H2,1H3/t21-/m1/s1. The second-order valence-corrected chi connectivity index (χ2v) is 7.98. The molecule has 1 aliphatic heterocycles. The maximum absolute atomic E-state index is 13.7. The molecular formula is C25H22ClFN2O2. The van der Waals surface area contributed by atoms with E-state index >= 15 is 0 Å². The summed E-state index contributed by atoms with van der Waals surface area (Å²) in [7, 11) is 0. The summed E-state index contributed by atoms with van der Waals surface area (Å²) in [6.45, 7) is 2.62. The van der Waals surface area contributed by atoms with E-state index in [4.69, 9.17) is 16.4 Å². The Bertz CT molecular complexity index is 1130. The van der Waals surface area contributed by atoms with Gasteiger partial charge in [0.1, 0.15) is 5.82 Å². The first-order valence-electron chi connectivity index (χ1n) is 10.1. The van der Waals surface area contributed by atoms with Crippen LogP contribution < -0.4 is 0 Å². The van der Waals surface area contributed by atoms with Gasteiger partial charge in [0.05, 0.1) is 12.3 Å². The topological polar surface area (TPSA) is 41.9 Å². The molecule has 0 aliphatic carbocycles. The first-order chi connectivity index (χ1) is 15.0. The van der Waals surface area contributed by atoms with Crippen molar-refractivity contribution in [1.82, 2.24) is 4.90 Å². The predicted molar refractivity (Wildman–Crippen MR) is 120 cm³/mol. The van der Waals surface area contributed by atoms with Crippen molar-refractivity contribution in [2.45, 2.75) is 26.0 Å². The van der Waals surface area contributed by atoms with Gasteiger partial charge in [-0.3, -0.25) is 4.79 Å². The van der Waals surface area contributed by atoms with E-state index in [1.54, 1.807) is 17.0 Å². The molecule has 0 N–H and O–H groups in total. The number of rotatable bonds is 6. The highest BCUT2D eigenvalue weighted by Crippen LogP contribution is 2.23. The lowest BCUT2D eigenvalue weighted by Crippen LogP contribution is -2.37. The molecule has 0 bridgehead atoms. The first-order valence-corrected chi connectivity index (χ1v) is 10.5. The zero-order valence-electron chi connectivity index (χ0n) is 17.1. The number of halogens is 2. The molecule has 0 saturated carbocycles. The van der Waals surface area contributed by atoms with Crippen LogP contribution in [-0.2, 0) is 11.4 Å². The van der Waals surface area contributed by atoms with Crippen molar-refractivity contribution >= 4 is 23.2 Å². The molecule has 4 rings (SSSR count). The van der Waals surface area contributed by atoms with Crippen molar-refractivity contribution in [2.75, 3.05) is 6.54 Å². The highest BCUT2D eigenvalue weighted by atomic mass is 35.5. The number of hydrogen-bond acceptors (Lipinski definition) is 3. The van der Waals surface area contributed by atoms with E-state index < -0.39 is 5.82 Å². The van der Waals surface area contributed by atoms with Gasteiger partial charge < -0.3 is 9.74 Å². The number of oxime groups is 1. The molecule has 3 aromatic rings. The van der Waals surface area contributed by atoms with Crippen LogP contribution in [0.5, 0.6) is 0 Å². The number of amides is 1. The average molecular weight is 437 g/mol. The Kier molecular flexibility index (Phi) is 6.33. The number of aryl methyl sites for hydroxylation is 1. The Balaban J connectivity index is 1.54. The molecule has 158 valence electrons. The molecule has 0 radical (unpaired) electrons. The van der Waals surface area contributed by atoms with Gasteiger partial charge in [0.25, 0.3) is 5.91 Å². The molecule has 1 heterocycles. The molecule has 4 nitrogen and oxygen atoms in total. The highest BCUT2D eigenvalue weighted by Gasteiger charge is 2.28. The summed E-state index contributed by atoms with van der Waals surface area (Å²) >= 11 is 6.33. The predicted octanol–water partition coefficient (Wildman–Crippen LogP) is 5.62. The summed E-state index contributed by atoms with van der Waals surface area (Å²) in [5, 5.41) is 4.84. The van der Waals surface area contributed by atoms with Crippen molar-refractivity contribution in [3.05, 3.63) is 106 Å². The van der Waals surface area contributed by atoms with E-state index in [1.165, 1.54) is 18.2 Å². The highest BCUT2D eigenvalue weighted by molar-refractivity contribution is 6.31. The molecule has 0 saturated heterocycles. The smallest absolute Gasteiger partial charge is 0.254 e. The summed E-state index contributed by atoms with van der Waals surface area (Å²) in [6, 6.07) is 21.1. The fourth-order valence-corrected chi connectivity index (χ4v) is 3.88. The molecule has 0 aromatic heterocycles. The average Bonchev–Trinajstić information content (AvgIpc) is 3.23. The fraction of sp³-hybridized carbons (Fsp3) is 0.200. The Morgan fingerprint density at radius 3 is 2.68 bits per heavy atom. The maximum atomic E-state index is 13.7. The van der Waals surface area contributed by atoms with E-state index in [-0.39, 0.29) is 24.1 Å². The molecule has 0 spiro atoms. The number of benzene rings is 3. The minimum absolute atomic E-state index is 0.282. The number of hydrogen-bond donors (Lipinski definition) is 0. The normalized spacial score (nSPS) is 15.3. The van der Waals surface area contributed by atoms with Crippen molar-refractivity contribution in [3.8, 4) is 0 Å². The summed E-state index contributed by atoms with van der Waals surface area (Å²) in [5.41, 5.74) is 4.12. The fourth-order valence-electron chi connectivity index (χ4n) is 3.68. The quantitative estimate of drug-likeness (QED) is 0.503. The van der Waals surface area contributed by atoms with Gasteiger partial charge in [-0.25, -0.2) is 4.39 Å². The lowest BCUT2D eigenvalue weighted by molar-refractivity contribution is 0.0405. The van der Waals surface area contributed by atoms with E-state index in [0.717, 1.165) is 22.4 Å². The molecule has 1 amide bonds. The van der Waals surface area contributed by atoms with Crippen LogP contribution in [0, 0.1) is 12.7 Å². The SMILES string of the molecule is Cc1ccccc1C1=NO[C@@H](CN(Cc2ccccc2Cl)C(=O)c2cccc(F)c2)C1. The first kappa shape index (κ1) is 21.1. The van der Waals surface area contributed by atoms with Crippen molar-refractivity contribution < 1.29 is 14.0 Å². The van der Waals surface area contributed by atoms with Gasteiger partial charge in [0, 0.05) is 29.1 Å². The molecule has 1 atom stereocenters. The molecule has 3 aromatic carbocycles. The van der Waals surface area contributed by atoms with Gasteiger partial charge >= 0.3 is 0 Å². The molecule has 0 unspecified atom stereocenters. The number of carbonyl (C=O) groups is 1. The van der Waals surface area contributed by atoms with E-state index in [0.29, 0.717) is 18.0 Å². The second-order valence-electron chi connectivity index (χ2n) is 7.57. The number of carbonyl (C=O) groups excluding carboxylic acids is 1. The van der Waals surface area contributed by atoms with Crippen molar-refractivity contribution in [2.24, 2.45) is 5.16 Å². The summed E-state index contributed by atoms with van der Waals surface area (Å²) in [5.74, 6) is -0.738. The molecular weight excluding hydrogens is 415 g/mol. The third-order valence-electron chi connectivity index (χ3n) is 5.29. The van der Waals surface area contributed by atoms with Crippen molar-refractivity contribution in [1.29, 1.82) is 0 Å². The number of nitrogens with zero attached hydrogens (tertiary/aromatic N) is 2. The van der Waals surface area contributed by atoms with Gasteiger partial charge in [0.15, 0.2) is 6.10 Å². The van der Waals surface area contributed by atoms with Crippen LogP contribution in [0.3, 0.4) is 0 Å². The summed E-state index contributed by atoms with van der Waals surface area (Å²) in [6.07, 6.45) is 0.287. The lowest BCUT2D eigenvalue weighted by atomic mass is 10.00. The van der Waals surface area contributed by atoms with E-state index in [1.807, 2.05) is 49.4 Å². The van der Waals surface area contributed by atoms with Crippen LogP contribution in [0.25, 0.3) is 0 Å². The Hall–Kier alpha value is -3.18. The van der Waals surface area contributed by atoms with Gasteiger partial charge in [-0.1, -0.05) is 65.3 Å².